The maximum absolute atomic E-state index is 12.8. The Morgan fingerprint density at radius 1 is 1.13 bits per heavy atom. The van der Waals surface area contributed by atoms with Crippen molar-refractivity contribution in [2.45, 2.75) is 19.8 Å². The van der Waals surface area contributed by atoms with E-state index in [1.807, 2.05) is 12.1 Å². The zero-order chi connectivity index (χ0) is 16.5. The third kappa shape index (κ3) is 5.94. The van der Waals surface area contributed by atoms with Crippen molar-refractivity contribution in [2.24, 2.45) is 0 Å². The summed E-state index contributed by atoms with van der Waals surface area (Å²) < 4.78 is 18.4. The molecule has 0 aliphatic rings. The molecule has 0 saturated heterocycles. The number of anilines is 1. The van der Waals surface area contributed by atoms with Crippen molar-refractivity contribution in [3.8, 4) is 5.75 Å². The van der Waals surface area contributed by atoms with Crippen LogP contribution in [0, 0.1) is 5.82 Å². The number of rotatable bonds is 7. The molecule has 0 aliphatic carbocycles. The Balaban J connectivity index is 1.86. The lowest BCUT2D eigenvalue weighted by atomic mass is 10.2. The van der Waals surface area contributed by atoms with E-state index in [1.54, 1.807) is 30.3 Å². The molecule has 120 valence electrons. The fourth-order valence-corrected chi connectivity index (χ4v) is 1.90. The van der Waals surface area contributed by atoms with Crippen molar-refractivity contribution < 1.29 is 13.9 Å². The highest BCUT2D eigenvalue weighted by Crippen LogP contribution is 2.16. The molecule has 4 heteroatoms. The number of halogens is 1. The lowest BCUT2D eigenvalue weighted by Crippen LogP contribution is -2.07. The molecular weight excluding hydrogens is 293 g/mol. The van der Waals surface area contributed by atoms with Crippen LogP contribution >= 0.6 is 0 Å². The van der Waals surface area contributed by atoms with Gasteiger partial charge >= 0.3 is 0 Å². The van der Waals surface area contributed by atoms with E-state index in [1.165, 1.54) is 18.2 Å². The lowest BCUT2D eigenvalue weighted by Gasteiger charge is -2.06. The Morgan fingerprint density at radius 2 is 1.83 bits per heavy atom. The van der Waals surface area contributed by atoms with Crippen molar-refractivity contribution in [2.75, 3.05) is 11.9 Å². The molecule has 0 bridgehead atoms. The van der Waals surface area contributed by atoms with Crippen LogP contribution < -0.4 is 10.1 Å². The van der Waals surface area contributed by atoms with E-state index in [0.717, 1.165) is 24.2 Å². The average Bonchev–Trinajstić information content (AvgIpc) is 2.56. The number of amides is 1. The monoisotopic (exact) mass is 313 g/mol. The van der Waals surface area contributed by atoms with E-state index in [9.17, 15) is 9.18 Å². The lowest BCUT2D eigenvalue weighted by molar-refractivity contribution is -0.111. The third-order valence-electron chi connectivity index (χ3n) is 3.19. The molecule has 0 fully saturated rings. The molecule has 0 saturated carbocycles. The van der Waals surface area contributed by atoms with E-state index < -0.39 is 0 Å². The van der Waals surface area contributed by atoms with Crippen LogP contribution in [0.5, 0.6) is 5.75 Å². The molecule has 2 aromatic rings. The first-order chi connectivity index (χ1) is 11.2. The fraction of sp³-hybridized carbons (Fsp3) is 0.211. The van der Waals surface area contributed by atoms with Gasteiger partial charge < -0.3 is 10.1 Å². The normalized spacial score (nSPS) is 10.7. The average molecular weight is 313 g/mol. The largest absolute Gasteiger partial charge is 0.494 e. The van der Waals surface area contributed by atoms with Gasteiger partial charge in [-0.3, -0.25) is 4.79 Å². The van der Waals surface area contributed by atoms with Crippen molar-refractivity contribution in [1.29, 1.82) is 0 Å². The summed E-state index contributed by atoms with van der Waals surface area (Å²) in [5.41, 5.74) is 1.46. The van der Waals surface area contributed by atoms with Gasteiger partial charge in [-0.15, -0.1) is 0 Å². The molecule has 23 heavy (non-hydrogen) atoms. The van der Waals surface area contributed by atoms with Crippen molar-refractivity contribution in [3.05, 3.63) is 66.0 Å². The fourth-order valence-electron chi connectivity index (χ4n) is 1.90. The first kappa shape index (κ1) is 16.7. The van der Waals surface area contributed by atoms with Gasteiger partial charge in [0.1, 0.15) is 11.6 Å². The van der Waals surface area contributed by atoms with Gasteiger partial charge in [-0.1, -0.05) is 25.5 Å². The second kappa shape index (κ2) is 8.73. The Kier molecular flexibility index (Phi) is 6.36. The van der Waals surface area contributed by atoms with Gasteiger partial charge in [-0.2, -0.15) is 0 Å². The maximum atomic E-state index is 12.8. The minimum Gasteiger partial charge on any atom is -0.494 e. The number of ether oxygens (including phenoxy) is 1. The van der Waals surface area contributed by atoms with E-state index >= 15 is 0 Å². The minimum absolute atomic E-state index is 0.242. The van der Waals surface area contributed by atoms with Crippen molar-refractivity contribution >= 4 is 17.7 Å². The summed E-state index contributed by atoms with van der Waals surface area (Å²) in [6, 6.07) is 13.2. The van der Waals surface area contributed by atoms with Gasteiger partial charge in [0, 0.05) is 11.8 Å². The molecule has 0 atom stereocenters. The Bertz CT molecular complexity index is 648. The molecule has 0 aromatic heterocycles. The van der Waals surface area contributed by atoms with E-state index in [0.29, 0.717) is 12.3 Å². The van der Waals surface area contributed by atoms with E-state index in [2.05, 4.69) is 12.2 Å². The zero-order valence-electron chi connectivity index (χ0n) is 13.1. The topological polar surface area (TPSA) is 38.3 Å². The SMILES string of the molecule is CCCCOc1ccc(NC(=O)/C=C/c2ccc(F)cc2)cc1. The van der Waals surface area contributed by atoms with Crippen LogP contribution in [0.15, 0.2) is 54.6 Å². The van der Waals surface area contributed by atoms with Crippen molar-refractivity contribution in [1.82, 2.24) is 0 Å². The van der Waals surface area contributed by atoms with Crippen LogP contribution in [-0.2, 0) is 4.79 Å². The molecule has 2 rings (SSSR count). The van der Waals surface area contributed by atoms with Crippen LogP contribution in [0.3, 0.4) is 0 Å². The smallest absolute Gasteiger partial charge is 0.248 e. The highest BCUT2D eigenvalue weighted by atomic mass is 19.1. The van der Waals surface area contributed by atoms with Crippen LogP contribution in [-0.4, -0.2) is 12.5 Å². The predicted octanol–water partition coefficient (Wildman–Crippen LogP) is 4.66. The summed E-state index contributed by atoms with van der Waals surface area (Å²) in [5.74, 6) is 0.250. The number of hydrogen-bond donors (Lipinski definition) is 1. The van der Waals surface area contributed by atoms with Gasteiger partial charge in [0.15, 0.2) is 0 Å². The highest BCUT2D eigenvalue weighted by Gasteiger charge is 1.99. The number of benzene rings is 2. The summed E-state index contributed by atoms with van der Waals surface area (Å²) in [4.78, 5) is 11.8. The van der Waals surface area contributed by atoms with Gasteiger partial charge in [-0.05, 0) is 54.5 Å². The number of hydrogen-bond acceptors (Lipinski definition) is 2. The van der Waals surface area contributed by atoms with Gasteiger partial charge in [0.05, 0.1) is 6.61 Å². The first-order valence-electron chi connectivity index (χ1n) is 7.65. The second-order valence-corrected chi connectivity index (χ2v) is 5.10. The highest BCUT2D eigenvalue weighted by molar-refractivity contribution is 6.01. The Labute approximate surface area is 135 Å². The summed E-state index contributed by atoms with van der Waals surface area (Å²) in [6.45, 7) is 2.81. The first-order valence-corrected chi connectivity index (χ1v) is 7.65. The van der Waals surface area contributed by atoms with Crippen LogP contribution in [0.25, 0.3) is 6.08 Å². The van der Waals surface area contributed by atoms with Crippen LogP contribution in [0.4, 0.5) is 10.1 Å². The minimum atomic E-state index is -0.298. The quantitative estimate of drug-likeness (QED) is 0.596. The molecular formula is C19H20FNO2. The number of unbranched alkanes of at least 4 members (excludes halogenated alkanes) is 1. The Morgan fingerprint density at radius 3 is 2.48 bits per heavy atom. The zero-order valence-corrected chi connectivity index (χ0v) is 13.1. The van der Waals surface area contributed by atoms with Crippen LogP contribution in [0.2, 0.25) is 0 Å². The second-order valence-electron chi connectivity index (χ2n) is 5.10. The summed E-state index contributed by atoms with van der Waals surface area (Å²) in [5, 5.41) is 2.76. The summed E-state index contributed by atoms with van der Waals surface area (Å²) >= 11 is 0. The maximum Gasteiger partial charge on any atom is 0.248 e. The molecule has 0 heterocycles. The summed E-state index contributed by atoms with van der Waals surface area (Å²) in [6.07, 6.45) is 5.16. The van der Waals surface area contributed by atoms with Gasteiger partial charge in [0.25, 0.3) is 0 Å². The predicted molar refractivity (Wildman–Crippen MR) is 90.9 cm³/mol. The number of nitrogens with one attached hydrogen (secondary N) is 1. The molecule has 0 radical (unpaired) electrons. The third-order valence-corrected chi connectivity index (χ3v) is 3.19. The van der Waals surface area contributed by atoms with Crippen LogP contribution in [0.1, 0.15) is 25.3 Å². The van der Waals surface area contributed by atoms with Gasteiger partial charge in [-0.25, -0.2) is 4.39 Å². The molecule has 2 aromatic carbocycles. The number of carbonyl (C=O) groups excluding carboxylic acids is 1. The van der Waals surface area contributed by atoms with E-state index in [4.69, 9.17) is 4.74 Å². The molecule has 3 nitrogen and oxygen atoms in total. The molecule has 0 spiro atoms. The molecule has 0 unspecified atom stereocenters. The van der Waals surface area contributed by atoms with E-state index in [-0.39, 0.29) is 11.7 Å². The summed E-state index contributed by atoms with van der Waals surface area (Å²) in [7, 11) is 0. The molecule has 1 N–H and O–H groups in total. The number of carbonyl (C=O) groups is 1. The molecule has 0 aliphatic heterocycles. The molecule has 1 amide bonds. The standard InChI is InChI=1S/C19H20FNO2/c1-2-3-14-23-18-11-9-17(10-12-18)21-19(22)13-6-15-4-7-16(20)8-5-15/h4-13H,2-3,14H2,1H3,(H,21,22)/b13-6+. The van der Waals surface area contributed by atoms with Crippen molar-refractivity contribution in [3.63, 3.8) is 0 Å². The van der Waals surface area contributed by atoms with Gasteiger partial charge in [0.2, 0.25) is 5.91 Å². The Hall–Kier alpha value is -2.62.